The summed E-state index contributed by atoms with van der Waals surface area (Å²) in [6.07, 6.45) is 1.92. The van der Waals surface area contributed by atoms with Crippen molar-refractivity contribution in [3.05, 3.63) is 0 Å². The number of carbonyl (C=O) groups is 1. The first-order valence-electron chi connectivity index (χ1n) is 6.90. The molecule has 18 heavy (non-hydrogen) atoms. The van der Waals surface area contributed by atoms with Gasteiger partial charge in [-0.2, -0.15) is 0 Å². The van der Waals surface area contributed by atoms with Crippen LogP contribution < -0.4 is 11.1 Å². The van der Waals surface area contributed by atoms with Gasteiger partial charge in [-0.05, 0) is 26.7 Å². The van der Waals surface area contributed by atoms with Crippen molar-refractivity contribution in [3.63, 3.8) is 0 Å². The maximum atomic E-state index is 12.6. The molecule has 0 spiro atoms. The van der Waals surface area contributed by atoms with Gasteiger partial charge in [-0.1, -0.05) is 20.8 Å². The van der Waals surface area contributed by atoms with Gasteiger partial charge < -0.3 is 15.8 Å². The summed E-state index contributed by atoms with van der Waals surface area (Å²) in [6, 6.07) is 0. The Hall–Kier alpha value is -0.610. The van der Waals surface area contributed by atoms with Gasteiger partial charge in [0.1, 0.15) is 5.54 Å². The quantitative estimate of drug-likeness (QED) is 0.801. The summed E-state index contributed by atoms with van der Waals surface area (Å²) in [5, 5.41) is 3.10. The summed E-state index contributed by atoms with van der Waals surface area (Å²) in [7, 11) is 0. The van der Waals surface area contributed by atoms with Crippen LogP contribution in [-0.4, -0.2) is 29.7 Å². The highest BCUT2D eigenvalue weighted by molar-refractivity contribution is 5.90. The number of ether oxygens (including phenoxy) is 1. The van der Waals surface area contributed by atoms with Gasteiger partial charge in [-0.25, -0.2) is 0 Å². The molecule has 1 heterocycles. The highest BCUT2D eigenvalue weighted by Crippen LogP contribution is 2.58. The van der Waals surface area contributed by atoms with Crippen LogP contribution in [0.4, 0.5) is 0 Å². The molecule has 4 nitrogen and oxygen atoms in total. The van der Waals surface area contributed by atoms with Crippen LogP contribution in [0, 0.1) is 11.3 Å². The third-order valence-electron chi connectivity index (χ3n) is 5.17. The number of nitrogens with two attached hydrogens (primary N) is 1. The molecule has 4 heteroatoms. The predicted octanol–water partition coefficient (Wildman–Crippen LogP) is 1.43. The van der Waals surface area contributed by atoms with Crippen molar-refractivity contribution in [1.29, 1.82) is 0 Å². The highest BCUT2D eigenvalue weighted by atomic mass is 16.5. The number of carbonyl (C=O) groups excluding carboxylic acids is 1. The van der Waals surface area contributed by atoms with Crippen molar-refractivity contribution < 1.29 is 9.53 Å². The van der Waals surface area contributed by atoms with Gasteiger partial charge in [0, 0.05) is 23.5 Å². The molecule has 2 rings (SSSR count). The van der Waals surface area contributed by atoms with E-state index in [1.54, 1.807) is 0 Å². The lowest BCUT2D eigenvalue weighted by molar-refractivity contribution is -0.176. The summed E-state index contributed by atoms with van der Waals surface area (Å²) in [5.41, 5.74) is 5.19. The van der Waals surface area contributed by atoms with Crippen molar-refractivity contribution in [2.24, 2.45) is 17.1 Å². The topological polar surface area (TPSA) is 64.4 Å². The van der Waals surface area contributed by atoms with Crippen LogP contribution in [0.15, 0.2) is 0 Å². The molecule has 0 aromatic carbocycles. The Morgan fingerprint density at radius 3 is 2.67 bits per heavy atom. The molecule has 2 fully saturated rings. The molecule has 3 atom stereocenters. The first kappa shape index (κ1) is 13.8. The molecule has 1 saturated carbocycles. The maximum Gasteiger partial charge on any atom is 0.241 e. The summed E-state index contributed by atoms with van der Waals surface area (Å²) < 4.78 is 5.71. The number of nitrogens with one attached hydrogen (secondary N) is 1. The molecule has 3 N–H and O–H groups in total. The lowest BCUT2D eigenvalue weighted by Crippen LogP contribution is -2.81. The lowest BCUT2D eigenvalue weighted by atomic mass is 9.48. The average Bonchev–Trinajstić information content (AvgIpc) is 2.74. The molecule has 2 aliphatic rings. The lowest BCUT2D eigenvalue weighted by Gasteiger charge is -2.61. The van der Waals surface area contributed by atoms with Gasteiger partial charge in [-0.15, -0.1) is 0 Å². The second kappa shape index (κ2) is 3.94. The maximum absolute atomic E-state index is 12.6. The third-order valence-corrected chi connectivity index (χ3v) is 5.17. The van der Waals surface area contributed by atoms with E-state index in [1.165, 1.54) is 0 Å². The van der Waals surface area contributed by atoms with E-state index < -0.39 is 5.54 Å². The van der Waals surface area contributed by atoms with E-state index in [1.807, 2.05) is 27.7 Å². The van der Waals surface area contributed by atoms with Crippen LogP contribution >= 0.6 is 0 Å². The summed E-state index contributed by atoms with van der Waals surface area (Å²) >= 11 is 0. The molecular weight excluding hydrogens is 228 g/mol. The van der Waals surface area contributed by atoms with Crippen LogP contribution in [-0.2, 0) is 9.53 Å². The van der Waals surface area contributed by atoms with Gasteiger partial charge in [0.05, 0.1) is 6.10 Å². The normalized spacial score (nSPS) is 37.9. The van der Waals surface area contributed by atoms with E-state index >= 15 is 0 Å². The smallest absolute Gasteiger partial charge is 0.241 e. The van der Waals surface area contributed by atoms with Crippen LogP contribution in [0.3, 0.4) is 0 Å². The minimum Gasteiger partial charge on any atom is -0.377 e. The van der Waals surface area contributed by atoms with Crippen LogP contribution in [0.5, 0.6) is 0 Å². The zero-order valence-electron chi connectivity index (χ0n) is 12.2. The number of fused-ring (bicyclic) bond motifs is 1. The van der Waals surface area contributed by atoms with Gasteiger partial charge in [-0.3, -0.25) is 4.79 Å². The molecular formula is C14H26N2O2. The van der Waals surface area contributed by atoms with Gasteiger partial charge >= 0.3 is 0 Å². The number of amides is 1. The van der Waals surface area contributed by atoms with E-state index in [0.717, 1.165) is 19.4 Å². The second-order valence-corrected chi connectivity index (χ2v) is 6.97. The molecule has 0 bridgehead atoms. The molecule has 0 aromatic rings. The fraction of sp³-hybridized carbons (Fsp3) is 0.929. The first-order valence-corrected chi connectivity index (χ1v) is 6.90. The number of hydrogen-bond acceptors (Lipinski definition) is 3. The Bertz CT molecular complexity index is 365. The average molecular weight is 254 g/mol. The van der Waals surface area contributed by atoms with Crippen LogP contribution in [0.1, 0.15) is 47.5 Å². The predicted molar refractivity (Wildman–Crippen MR) is 71.1 cm³/mol. The fourth-order valence-corrected chi connectivity index (χ4v) is 3.34. The Balaban J connectivity index is 2.19. The van der Waals surface area contributed by atoms with Crippen molar-refractivity contribution >= 4 is 5.91 Å². The van der Waals surface area contributed by atoms with Crippen LogP contribution in [0.2, 0.25) is 0 Å². The zero-order chi connectivity index (χ0) is 13.8. The molecule has 0 radical (unpaired) electrons. The van der Waals surface area contributed by atoms with Crippen molar-refractivity contribution in [1.82, 2.24) is 5.32 Å². The van der Waals surface area contributed by atoms with Crippen molar-refractivity contribution in [2.45, 2.75) is 64.6 Å². The van der Waals surface area contributed by atoms with Gasteiger partial charge in [0.25, 0.3) is 0 Å². The molecule has 1 aliphatic heterocycles. The molecule has 1 saturated heterocycles. The molecule has 0 aromatic heterocycles. The largest absolute Gasteiger partial charge is 0.377 e. The van der Waals surface area contributed by atoms with E-state index in [2.05, 4.69) is 12.2 Å². The minimum absolute atomic E-state index is 0.0221. The Morgan fingerprint density at radius 1 is 1.50 bits per heavy atom. The zero-order valence-corrected chi connectivity index (χ0v) is 12.2. The Labute approximate surface area is 110 Å². The molecule has 1 aliphatic carbocycles. The van der Waals surface area contributed by atoms with Crippen molar-refractivity contribution in [3.8, 4) is 0 Å². The fourth-order valence-electron chi connectivity index (χ4n) is 3.34. The SMILES string of the molecule is CCC(C)(C)NC(=O)C1(N)C2CCOC2C1(C)C. The molecule has 3 unspecified atom stereocenters. The summed E-state index contributed by atoms with van der Waals surface area (Å²) in [6.45, 7) is 10.9. The molecule has 1 amide bonds. The summed E-state index contributed by atoms with van der Waals surface area (Å²) in [4.78, 5) is 12.6. The Morgan fingerprint density at radius 2 is 2.11 bits per heavy atom. The second-order valence-electron chi connectivity index (χ2n) is 6.97. The van der Waals surface area contributed by atoms with Crippen molar-refractivity contribution in [2.75, 3.05) is 6.61 Å². The summed E-state index contributed by atoms with van der Waals surface area (Å²) in [5.74, 6) is 0.145. The Kier molecular flexibility index (Phi) is 3.02. The van der Waals surface area contributed by atoms with Crippen LogP contribution in [0.25, 0.3) is 0 Å². The van der Waals surface area contributed by atoms with E-state index in [4.69, 9.17) is 10.5 Å². The third kappa shape index (κ3) is 1.62. The van der Waals surface area contributed by atoms with E-state index in [-0.39, 0.29) is 28.9 Å². The van der Waals surface area contributed by atoms with E-state index in [0.29, 0.717) is 0 Å². The monoisotopic (exact) mass is 254 g/mol. The minimum atomic E-state index is -0.791. The van der Waals surface area contributed by atoms with Gasteiger partial charge in [0.2, 0.25) is 5.91 Å². The molecule has 104 valence electrons. The highest BCUT2D eigenvalue weighted by Gasteiger charge is 2.71. The standard InChI is InChI=1S/C14H26N2O2/c1-6-12(2,3)16-11(17)14(15)9-7-8-18-10(9)13(14,4)5/h9-10H,6-8,15H2,1-5H3,(H,16,17). The van der Waals surface area contributed by atoms with Gasteiger partial charge in [0.15, 0.2) is 0 Å². The number of rotatable bonds is 3. The van der Waals surface area contributed by atoms with E-state index in [9.17, 15) is 4.79 Å². The first-order chi connectivity index (χ1) is 8.17. The number of hydrogen-bond donors (Lipinski definition) is 2.